The van der Waals surface area contributed by atoms with E-state index in [0.717, 1.165) is 12.0 Å². The zero-order valence-corrected chi connectivity index (χ0v) is 16.4. The van der Waals surface area contributed by atoms with Crippen LogP contribution in [0.4, 0.5) is 11.4 Å². The maximum absolute atomic E-state index is 12.5. The topological polar surface area (TPSA) is 119 Å². The monoisotopic (exact) mass is 407 g/mol. The molecule has 2 N–H and O–H groups in total. The van der Waals surface area contributed by atoms with E-state index in [1.807, 2.05) is 6.92 Å². The molecule has 0 spiro atoms. The molecule has 0 aliphatic carbocycles. The first-order chi connectivity index (χ1) is 14.5. The van der Waals surface area contributed by atoms with Crippen molar-refractivity contribution >= 4 is 23.2 Å². The molecule has 2 amide bonds. The third kappa shape index (κ3) is 5.07. The van der Waals surface area contributed by atoms with Crippen molar-refractivity contribution in [3.05, 3.63) is 82.4 Å². The van der Waals surface area contributed by atoms with Crippen LogP contribution in [0, 0.1) is 10.1 Å². The van der Waals surface area contributed by atoms with Crippen LogP contribution in [0.25, 0.3) is 5.69 Å². The molecule has 0 fully saturated rings. The van der Waals surface area contributed by atoms with Gasteiger partial charge < -0.3 is 15.2 Å². The van der Waals surface area contributed by atoms with Gasteiger partial charge in [0.1, 0.15) is 5.69 Å². The molecular formula is C21H21N5O4. The second-order valence-electron chi connectivity index (χ2n) is 6.61. The third-order valence-corrected chi connectivity index (χ3v) is 4.38. The highest BCUT2D eigenvalue weighted by Crippen LogP contribution is 2.24. The molecule has 3 aromatic rings. The van der Waals surface area contributed by atoms with E-state index in [-0.39, 0.29) is 23.7 Å². The predicted molar refractivity (Wildman–Crippen MR) is 111 cm³/mol. The van der Waals surface area contributed by atoms with Gasteiger partial charge in [-0.05, 0) is 36.2 Å². The highest BCUT2D eigenvalue weighted by Gasteiger charge is 2.18. The molecule has 0 aliphatic heterocycles. The van der Waals surface area contributed by atoms with E-state index in [9.17, 15) is 19.7 Å². The van der Waals surface area contributed by atoms with Gasteiger partial charge in [0.25, 0.3) is 11.6 Å². The number of carbonyl (C=O) groups excluding carboxylic acids is 2. The zero-order chi connectivity index (χ0) is 21.5. The normalized spacial score (nSPS) is 10.4. The second-order valence-corrected chi connectivity index (χ2v) is 6.61. The molecule has 9 nitrogen and oxygen atoms in total. The minimum absolute atomic E-state index is 0.0423. The standard InChI is InChI=1S/C21H21N5O4/c1-2-3-20(27)24-17-7-4-15(5-8-17)13-23-21(28)16-6-9-18(19(12-16)26(29)30)25-11-10-22-14-25/h4-12,14H,2-3,13H2,1H3,(H,23,28)(H,24,27). The Bertz CT molecular complexity index is 1050. The van der Waals surface area contributed by atoms with Crippen LogP contribution in [0.3, 0.4) is 0 Å². The van der Waals surface area contributed by atoms with Gasteiger partial charge in [0.05, 0.1) is 11.3 Å². The van der Waals surface area contributed by atoms with Crippen molar-refractivity contribution in [2.24, 2.45) is 0 Å². The fraction of sp³-hybridized carbons (Fsp3) is 0.190. The van der Waals surface area contributed by atoms with Crippen LogP contribution in [0.5, 0.6) is 0 Å². The highest BCUT2D eigenvalue weighted by molar-refractivity contribution is 5.95. The Kier molecular flexibility index (Phi) is 6.53. The first kappa shape index (κ1) is 20.7. The quantitative estimate of drug-likeness (QED) is 0.438. The number of hydrogen-bond acceptors (Lipinski definition) is 5. The lowest BCUT2D eigenvalue weighted by atomic mass is 10.1. The number of hydrogen-bond donors (Lipinski definition) is 2. The Morgan fingerprint density at radius 3 is 2.57 bits per heavy atom. The summed E-state index contributed by atoms with van der Waals surface area (Å²) in [6.45, 7) is 2.18. The number of nitro benzene ring substituents is 1. The summed E-state index contributed by atoms with van der Waals surface area (Å²) in [6.07, 6.45) is 5.80. The van der Waals surface area contributed by atoms with Gasteiger partial charge in [0.15, 0.2) is 0 Å². The van der Waals surface area contributed by atoms with Crippen molar-refractivity contribution in [3.63, 3.8) is 0 Å². The molecule has 3 rings (SSSR count). The summed E-state index contributed by atoms with van der Waals surface area (Å²) in [7, 11) is 0. The lowest BCUT2D eigenvalue weighted by molar-refractivity contribution is -0.384. The summed E-state index contributed by atoms with van der Waals surface area (Å²) in [6, 6.07) is 11.4. The van der Waals surface area contributed by atoms with Crippen LogP contribution in [0.2, 0.25) is 0 Å². The molecule has 2 aromatic carbocycles. The summed E-state index contributed by atoms with van der Waals surface area (Å²) in [5.74, 6) is -0.463. The van der Waals surface area contributed by atoms with Crippen molar-refractivity contribution < 1.29 is 14.5 Å². The molecule has 30 heavy (non-hydrogen) atoms. The fourth-order valence-electron chi connectivity index (χ4n) is 2.87. The van der Waals surface area contributed by atoms with Crippen molar-refractivity contribution in [1.29, 1.82) is 0 Å². The third-order valence-electron chi connectivity index (χ3n) is 4.38. The number of rotatable bonds is 8. The number of carbonyl (C=O) groups is 2. The summed E-state index contributed by atoms with van der Waals surface area (Å²) in [5, 5.41) is 17.0. The average Bonchev–Trinajstić information content (AvgIpc) is 3.27. The fourth-order valence-corrected chi connectivity index (χ4v) is 2.87. The molecule has 154 valence electrons. The van der Waals surface area contributed by atoms with Gasteiger partial charge >= 0.3 is 0 Å². The van der Waals surface area contributed by atoms with Crippen molar-refractivity contribution in [3.8, 4) is 5.69 Å². The number of imidazole rings is 1. The minimum atomic E-state index is -0.530. The van der Waals surface area contributed by atoms with Gasteiger partial charge in [-0.15, -0.1) is 0 Å². The molecule has 9 heteroatoms. The average molecular weight is 407 g/mol. The van der Waals surface area contributed by atoms with E-state index in [1.54, 1.807) is 30.5 Å². The van der Waals surface area contributed by atoms with Crippen LogP contribution in [-0.4, -0.2) is 26.3 Å². The Labute approximate surface area is 172 Å². The van der Waals surface area contributed by atoms with Crippen LogP contribution in [-0.2, 0) is 11.3 Å². The highest BCUT2D eigenvalue weighted by atomic mass is 16.6. The van der Waals surface area contributed by atoms with E-state index in [2.05, 4.69) is 15.6 Å². The molecule has 0 radical (unpaired) electrons. The summed E-state index contributed by atoms with van der Waals surface area (Å²) in [5.41, 5.74) is 1.85. The minimum Gasteiger partial charge on any atom is -0.348 e. The molecular weight excluding hydrogens is 386 g/mol. The SMILES string of the molecule is CCCC(=O)Nc1ccc(CNC(=O)c2ccc(-n3ccnc3)c([N+](=O)[O-])c2)cc1. The number of nitro groups is 1. The van der Waals surface area contributed by atoms with Crippen LogP contribution in [0.1, 0.15) is 35.7 Å². The lowest BCUT2D eigenvalue weighted by Crippen LogP contribution is -2.23. The molecule has 0 atom stereocenters. The maximum Gasteiger partial charge on any atom is 0.294 e. The summed E-state index contributed by atoms with van der Waals surface area (Å²) < 4.78 is 1.51. The number of amides is 2. The number of anilines is 1. The zero-order valence-electron chi connectivity index (χ0n) is 16.4. The van der Waals surface area contributed by atoms with Gasteiger partial charge in [0, 0.05) is 42.7 Å². The molecule has 0 saturated carbocycles. The molecule has 0 bridgehead atoms. The maximum atomic E-state index is 12.5. The van der Waals surface area contributed by atoms with Crippen molar-refractivity contribution in [2.45, 2.75) is 26.3 Å². The largest absolute Gasteiger partial charge is 0.348 e. The van der Waals surface area contributed by atoms with E-state index >= 15 is 0 Å². The van der Waals surface area contributed by atoms with Gasteiger partial charge in [-0.2, -0.15) is 0 Å². The molecule has 0 aliphatic rings. The van der Waals surface area contributed by atoms with Gasteiger partial charge in [-0.1, -0.05) is 19.1 Å². The Morgan fingerprint density at radius 2 is 1.93 bits per heavy atom. The Morgan fingerprint density at radius 1 is 1.17 bits per heavy atom. The van der Waals surface area contributed by atoms with Gasteiger partial charge in [0.2, 0.25) is 5.91 Å². The van der Waals surface area contributed by atoms with E-state index in [1.165, 1.54) is 35.3 Å². The van der Waals surface area contributed by atoms with E-state index in [0.29, 0.717) is 17.8 Å². The number of nitrogens with one attached hydrogen (secondary N) is 2. The second kappa shape index (κ2) is 9.46. The number of nitrogens with zero attached hydrogens (tertiary/aromatic N) is 3. The Hall–Kier alpha value is -4.01. The van der Waals surface area contributed by atoms with Crippen molar-refractivity contribution in [2.75, 3.05) is 5.32 Å². The molecule has 1 heterocycles. The summed E-state index contributed by atoms with van der Waals surface area (Å²) in [4.78, 5) is 38.9. The van der Waals surface area contributed by atoms with Crippen LogP contribution in [0.15, 0.2) is 61.2 Å². The number of benzene rings is 2. The predicted octanol–water partition coefficient (Wildman–Crippen LogP) is 3.45. The lowest BCUT2D eigenvalue weighted by Gasteiger charge is -2.09. The van der Waals surface area contributed by atoms with E-state index in [4.69, 9.17) is 0 Å². The summed E-state index contributed by atoms with van der Waals surface area (Å²) >= 11 is 0. The Balaban J connectivity index is 1.65. The van der Waals surface area contributed by atoms with E-state index < -0.39 is 10.8 Å². The first-order valence-corrected chi connectivity index (χ1v) is 9.41. The van der Waals surface area contributed by atoms with Crippen LogP contribution < -0.4 is 10.6 Å². The molecule has 0 unspecified atom stereocenters. The van der Waals surface area contributed by atoms with Gasteiger partial charge in [-0.3, -0.25) is 19.7 Å². The van der Waals surface area contributed by atoms with Crippen molar-refractivity contribution in [1.82, 2.24) is 14.9 Å². The first-order valence-electron chi connectivity index (χ1n) is 9.41. The van der Waals surface area contributed by atoms with Crippen LogP contribution >= 0.6 is 0 Å². The van der Waals surface area contributed by atoms with Gasteiger partial charge in [-0.25, -0.2) is 4.98 Å². The molecule has 1 aromatic heterocycles. The molecule has 0 saturated heterocycles. The number of aromatic nitrogens is 2. The smallest absolute Gasteiger partial charge is 0.294 e.